The average Bonchev–Trinajstić information content (AvgIpc) is 2.89. The SMILES string of the molecule is CC(C)=CCOc1ccc2c(c1)CCC1C2CCC2(C)C(O)CCC12. The van der Waals surface area contributed by atoms with Crippen LogP contribution in [0.2, 0.25) is 0 Å². The Labute approximate surface area is 152 Å². The van der Waals surface area contributed by atoms with Crippen LogP contribution in [0.1, 0.15) is 69.9 Å². The first-order valence-corrected chi connectivity index (χ1v) is 10.1. The van der Waals surface area contributed by atoms with Gasteiger partial charge in [-0.2, -0.15) is 0 Å². The number of ether oxygens (including phenoxy) is 1. The molecule has 25 heavy (non-hydrogen) atoms. The first-order valence-electron chi connectivity index (χ1n) is 10.1. The fourth-order valence-electron chi connectivity index (χ4n) is 5.93. The zero-order valence-electron chi connectivity index (χ0n) is 15.9. The smallest absolute Gasteiger partial charge is 0.120 e. The van der Waals surface area contributed by atoms with Crippen LogP contribution in [-0.2, 0) is 6.42 Å². The molecular formula is C23H32O2. The van der Waals surface area contributed by atoms with E-state index in [4.69, 9.17) is 4.74 Å². The van der Waals surface area contributed by atoms with Gasteiger partial charge in [0.1, 0.15) is 12.4 Å². The monoisotopic (exact) mass is 340 g/mol. The predicted molar refractivity (Wildman–Crippen MR) is 102 cm³/mol. The van der Waals surface area contributed by atoms with Crippen molar-refractivity contribution in [2.45, 2.75) is 71.3 Å². The van der Waals surface area contributed by atoms with Gasteiger partial charge in [-0.3, -0.25) is 0 Å². The number of aryl methyl sites for hydroxylation is 1. The molecule has 136 valence electrons. The van der Waals surface area contributed by atoms with Crippen molar-refractivity contribution in [2.75, 3.05) is 6.61 Å². The van der Waals surface area contributed by atoms with Crippen LogP contribution in [0.15, 0.2) is 29.8 Å². The molecule has 0 spiro atoms. The van der Waals surface area contributed by atoms with Crippen LogP contribution >= 0.6 is 0 Å². The Morgan fingerprint density at radius 1 is 1.24 bits per heavy atom. The van der Waals surface area contributed by atoms with E-state index in [2.05, 4.69) is 45.0 Å². The number of fused-ring (bicyclic) bond motifs is 5. The summed E-state index contributed by atoms with van der Waals surface area (Å²) in [7, 11) is 0. The minimum atomic E-state index is -0.0781. The fraction of sp³-hybridized carbons (Fsp3) is 0.652. The van der Waals surface area contributed by atoms with Crippen molar-refractivity contribution in [3.8, 4) is 5.75 Å². The van der Waals surface area contributed by atoms with Gasteiger partial charge in [-0.15, -0.1) is 0 Å². The third-order valence-corrected chi connectivity index (χ3v) is 7.39. The highest BCUT2D eigenvalue weighted by atomic mass is 16.5. The van der Waals surface area contributed by atoms with Crippen LogP contribution in [0, 0.1) is 17.3 Å². The molecule has 0 saturated heterocycles. The van der Waals surface area contributed by atoms with Gasteiger partial charge in [0, 0.05) is 0 Å². The van der Waals surface area contributed by atoms with Gasteiger partial charge in [0.15, 0.2) is 0 Å². The van der Waals surface area contributed by atoms with Crippen molar-refractivity contribution in [2.24, 2.45) is 17.3 Å². The predicted octanol–water partition coefficient (Wildman–Crippen LogP) is 5.25. The Hall–Kier alpha value is -1.28. The van der Waals surface area contributed by atoms with Gasteiger partial charge in [0.25, 0.3) is 0 Å². The van der Waals surface area contributed by atoms with E-state index >= 15 is 0 Å². The van der Waals surface area contributed by atoms with Crippen LogP contribution in [0.25, 0.3) is 0 Å². The lowest BCUT2D eigenvalue weighted by Gasteiger charge is -2.50. The van der Waals surface area contributed by atoms with E-state index in [1.165, 1.54) is 43.2 Å². The molecule has 3 aliphatic carbocycles. The number of allylic oxidation sites excluding steroid dienone is 1. The molecule has 0 heterocycles. The maximum atomic E-state index is 10.5. The second-order valence-electron chi connectivity index (χ2n) is 9.01. The maximum Gasteiger partial charge on any atom is 0.120 e. The Morgan fingerprint density at radius 3 is 2.88 bits per heavy atom. The summed E-state index contributed by atoms with van der Waals surface area (Å²) >= 11 is 0. The van der Waals surface area contributed by atoms with Crippen molar-refractivity contribution in [3.05, 3.63) is 41.0 Å². The summed E-state index contributed by atoms with van der Waals surface area (Å²) < 4.78 is 5.91. The quantitative estimate of drug-likeness (QED) is 0.762. The summed E-state index contributed by atoms with van der Waals surface area (Å²) in [5.41, 5.74) is 4.53. The molecule has 0 amide bonds. The summed E-state index contributed by atoms with van der Waals surface area (Å²) in [5, 5.41) is 10.5. The summed E-state index contributed by atoms with van der Waals surface area (Å²) in [5.74, 6) is 3.18. The Balaban J connectivity index is 1.54. The second kappa shape index (κ2) is 6.46. The Bertz CT molecular complexity index is 673. The fourth-order valence-corrected chi connectivity index (χ4v) is 5.93. The van der Waals surface area contributed by atoms with Gasteiger partial charge in [-0.25, -0.2) is 0 Å². The molecule has 5 atom stereocenters. The highest BCUT2D eigenvalue weighted by molar-refractivity contribution is 5.40. The van der Waals surface area contributed by atoms with E-state index in [1.807, 2.05) is 0 Å². The van der Waals surface area contributed by atoms with E-state index in [9.17, 15) is 5.11 Å². The van der Waals surface area contributed by atoms with Crippen molar-refractivity contribution in [3.63, 3.8) is 0 Å². The maximum absolute atomic E-state index is 10.5. The molecule has 3 aliphatic rings. The number of hydrogen-bond donors (Lipinski definition) is 1. The highest BCUT2D eigenvalue weighted by Crippen LogP contribution is 2.60. The molecule has 0 aromatic heterocycles. The average molecular weight is 341 g/mol. The zero-order chi connectivity index (χ0) is 17.6. The summed E-state index contributed by atoms with van der Waals surface area (Å²) in [6.45, 7) is 7.22. The van der Waals surface area contributed by atoms with Gasteiger partial charge >= 0.3 is 0 Å². The van der Waals surface area contributed by atoms with Gasteiger partial charge in [-0.05, 0) is 105 Å². The topological polar surface area (TPSA) is 29.5 Å². The van der Waals surface area contributed by atoms with Crippen molar-refractivity contribution < 1.29 is 9.84 Å². The number of benzene rings is 1. The van der Waals surface area contributed by atoms with Crippen LogP contribution in [0.3, 0.4) is 0 Å². The molecule has 0 bridgehead atoms. The summed E-state index contributed by atoms with van der Waals surface area (Å²) in [6, 6.07) is 6.77. The van der Waals surface area contributed by atoms with Crippen molar-refractivity contribution in [1.82, 2.24) is 0 Å². The van der Waals surface area contributed by atoms with E-state index in [-0.39, 0.29) is 11.5 Å². The van der Waals surface area contributed by atoms with Crippen LogP contribution in [-0.4, -0.2) is 17.8 Å². The second-order valence-corrected chi connectivity index (χ2v) is 9.01. The molecule has 2 nitrogen and oxygen atoms in total. The largest absolute Gasteiger partial charge is 0.490 e. The lowest BCUT2D eigenvalue weighted by molar-refractivity contribution is -0.0226. The van der Waals surface area contributed by atoms with Crippen LogP contribution in [0.5, 0.6) is 5.75 Å². The Kier molecular flexibility index (Phi) is 4.43. The molecule has 1 N–H and O–H groups in total. The standard InChI is InChI=1S/C23H32O2/c1-15(2)11-13-25-17-5-7-18-16(14-17)4-6-20-19(18)10-12-23(3)21(20)8-9-22(23)24/h5,7,11,14,19-22,24H,4,6,8-10,12-13H2,1-3H3. The lowest BCUT2D eigenvalue weighted by Crippen LogP contribution is -2.43. The van der Waals surface area contributed by atoms with Crippen molar-refractivity contribution in [1.29, 1.82) is 0 Å². The zero-order valence-corrected chi connectivity index (χ0v) is 15.9. The summed E-state index contributed by atoms with van der Waals surface area (Å²) in [4.78, 5) is 0. The molecular weight excluding hydrogens is 308 g/mol. The van der Waals surface area contributed by atoms with E-state index in [1.54, 1.807) is 5.56 Å². The van der Waals surface area contributed by atoms with Crippen LogP contribution in [0.4, 0.5) is 0 Å². The normalized spacial score (nSPS) is 36.2. The molecule has 2 saturated carbocycles. The molecule has 0 radical (unpaired) electrons. The van der Waals surface area contributed by atoms with Gasteiger partial charge in [0.05, 0.1) is 6.10 Å². The molecule has 1 aromatic carbocycles. The first kappa shape index (κ1) is 17.1. The number of aliphatic hydroxyl groups excluding tert-OH is 1. The van der Waals surface area contributed by atoms with E-state index < -0.39 is 0 Å². The molecule has 2 fully saturated rings. The summed E-state index contributed by atoms with van der Waals surface area (Å²) in [6.07, 6.45) is 9.14. The molecule has 5 unspecified atom stereocenters. The van der Waals surface area contributed by atoms with Gasteiger partial charge in [-0.1, -0.05) is 18.6 Å². The highest BCUT2D eigenvalue weighted by Gasteiger charge is 2.54. The van der Waals surface area contributed by atoms with Crippen molar-refractivity contribution >= 4 is 0 Å². The third-order valence-electron chi connectivity index (χ3n) is 7.39. The number of aliphatic hydroxyl groups is 1. The third kappa shape index (κ3) is 2.93. The molecule has 1 aromatic rings. The first-order chi connectivity index (χ1) is 12.0. The number of rotatable bonds is 3. The molecule has 0 aliphatic heterocycles. The van der Waals surface area contributed by atoms with Gasteiger partial charge in [0.2, 0.25) is 0 Å². The molecule has 2 heteroatoms. The van der Waals surface area contributed by atoms with Crippen LogP contribution < -0.4 is 4.74 Å². The van der Waals surface area contributed by atoms with Gasteiger partial charge < -0.3 is 9.84 Å². The minimum absolute atomic E-state index is 0.0781. The van der Waals surface area contributed by atoms with E-state index in [0.717, 1.165) is 18.1 Å². The Morgan fingerprint density at radius 2 is 2.08 bits per heavy atom. The minimum Gasteiger partial charge on any atom is -0.490 e. The molecule has 4 rings (SSSR count). The van der Waals surface area contributed by atoms with E-state index in [0.29, 0.717) is 18.4 Å². The number of hydrogen-bond acceptors (Lipinski definition) is 2. The lowest BCUT2D eigenvalue weighted by atomic mass is 9.55.